The number of halogens is 3. The maximum atomic E-state index is 12.5. The molecule has 0 radical (unpaired) electrons. The molecule has 0 aliphatic heterocycles. The number of anilines is 1. The first-order valence-corrected chi connectivity index (χ1v) is 4.12. The van der Waals surface area contributed by atoms with Crippen molar-refractivity contribution in [2.75, 3.05) is 5.73 Å². The first kappa shape index (κ1) is 8.12. The van der Waals surface area contributed by atoms with Crippen molar-refractivity contribution in [1.82, 2.24) is 9.97 Å². The number of nitrogens with zero attached hydrogens (tertiary/aromatic N) is 2. The molecular formula is C4H2BrFIN3. The fourth-order valence-electron chi connectivity index (χ4n) is 0.388. The first-order chi connectivity index (χ1) is 4.61. The average molecular weight is 318 g/mol. The van der Waals surface area contributed by atoms with E-state index in [4.69, 9.17) is 5.73 Å². The van der Waals surface area contributed by atoms with Crippen LogP contribution in [0.15, 0.2) is 4.60 Å². The lowest BCUT2D eigenvalue weighted by molar-refractivity contribution is 0.569. The quantitative estimate of drug-likeness (QED) is 0.739. The Morgan fingerprint density at radius 1 is 1.50 bits per heavy atom. The summed E-state index contributed by atoms with van der Waals surface area (Å²) in [6, 6.07) is 0. The van der Waals surface area contributed by atoms with Gasteiger partial charge in [0.1, 0.15) is 3.70 Å². The van der Waals surface area contributed by atoms with E-state index in [0.29, 0.717) is 3.70 Å². The van der Waals surface area contributed by atoms with Crippen LogP contribution >= 0.6 is 38.5 Å². The maximum Gasteiger partial charge on any atom is 0.248 e. The van der Waals surface area contributed by atoms with Crippen LogP contribution in [0.2, 0.25) is 0 Å². The van der Waals surface area contributed by atoms with Crippen molar-refractivity contribution in [3.63, 3.8) is 0 Å². The third-order valence-corrected chi connectivity index (χ3v) is 2.09. The summed E-state index contributed by atoms with van der Waals surface area (Å²) < 4.78 is 13.0. The minimum absolute atomic E-state index is 0.0890. The monoisotopic (exact) mass is 317 g/mol. The average Bonchev–Trinajstić information content (AvgIpc) is 1.84. The van der Waals surface area contributed by atoms with Crippen LogP contribution in [-0.4, -0.2) is 9.97 Å². The summed E-state index contributed by atoms with van der Waals surface area (Å²) in [5.74, 6) is -0.570. The summed E-state index contributed by atoms with van der Waals surface area (Å²) in [5.41, 5.74) is 5.25. The summed E-state index contributed by atoms with van der Waals surface area (Å²) in [6.07, 6.45) is 0. The fourth-order valence-corrected chi connectivity index (χ4v) is 1.35. The normalized spacial score (nSPS) is 9.90. The number of nitrogens with two attached hydrogens (primary N) is 1. The highest BCUT2D eigenvalue weighted by Gasteiger charge is 2.05. The van der Waals surface area contributed by atoms with Crippen molar-refractivity contribution >= 4 is 44.3 Å². The van der Waals surface area contributed by atoms with Gasteiger partial charge in [-0.05, 0) is 38.5 Å². The smallest absolute Gasteiger partial charge is 0.248 e. The molecule has 0 bridgehead atoms. The number of nitrogen functional groups attached to an aromatic ring is 1. The van der Waals surface area contributed by atoms with Crippen molar-refractivity contribution in [1.29, 1.82) is 0 Å². The Hall–Kier alpha value is 0.0200. The molecule has 0 saturated carbocycles. The lowest BCUT2D eigenvalue weighted by atomic mass is 10.7. The summed E-state index contributed by atoms with van der Waals surface area (Å²) in [5, 5.41) is 0. The Morgan fingerprint density at radius 3 is 2.60 bits per heavy atom. The molecule has 1 rings (SSSR count). The Bertz CT molecular complexity index is 217. The second-order valence-corrected chi connectivity index (χ2v) is 3.25. The predicted octanol–water partition coefficient (Wildman–Crippen LogP) is 1.56. The number of rotatable bonds is 0. The van der Waals surface area contributed by atoms with Crippen LogP contribution in [0.5, 0.6) is 0 Å². The Labute approximate surface area is 78.5 Å². The molecule has 0 fully saturated rings. The Balaban J connectivity index is 3.28. The molecule has 54 valence electrons. The zero-order valence-corrected chi connectivity index (χ0v) is 8.35. The molecule has 0 amide bonds. The summed E-state index contributed by atoms with van der Waals surface area (Å²) in [7, 11) is 0. The molecular weight excluding hydrogens is 316 g/mol. The molecule has 1 aromatic rings. The van der Waals surface area contributed by atoms with Crippen molar-refractivity contribution in [2.24, 2.45) is 0 Å². The van der Waals surface area contributed by atoms with E-state index in [1.54, 1.807) is 0 Å². The molecule has 0 spiro atoms. The minimum atomic E-state index is -0.682. The van der Waals surface area contributed by atoms with E-state index in [1.165, 1.54) is 0 Å². The highest BCUT2D eigenvalue weighted by molar-refractivity contribution is 14.1. The van der Waals surface area contributed by atoms with E-state index >= 15 is 0 Å². The van der Waals surface area contributed by atoms with Crippen molar-refractivity contribution in [3.8, 4) is 0 Å². The van der Waals surface area contributed by atoms with Crippen molar-refractivity contribution in [2.45, 2.75) is 0 Å². The second-order valence-electron chi connectivity index (χ2n) is 1.48. The maximum absolute atomic E-state index is 12.5. The van der Waals surface area contributed by atoms with Crippen LogP contribution in [-0.2, 0) is 0 Å². The number of aromatic nitrogens is 2. The fraction of sp³-hybridized carbons (Fsp3) is 0. The Morgan fingerprint density at radius 2 is 2.10 bits per heavy atom. The van der Waals surface area contributed by atoms with Gasteiger partial charge in [0.15, 0.2) is 10.4 Å². The molecule has 10 heavy (non-hydrogen) atoms. The molecule has 6 heteroatoms. The topological polar surface area (TPSA) is 51.8 Å². The minimum Gasteiger partial charge on any atom is -0.381 e. The summed E-state index contributed by atoms with van der Waals surface area (Å²) in [4.78, 5) is 7.08. The van der Waals surface area contributed by atoms with Gasteiger partial charge in [-0.2, -0.15) is 9.37 Å². The van der Waals surface area contributed by atoms with E-state index in [2.05, 4.69) is 25.9 Å². The van der Waals surface area contributed by atoms with E-state index < -0.39 is 5.95 Å². The van der Waals surface area contributed by atoms with Gasteiger partial charge in [-0.3, -0.25) is 0 Å². The molecule has 2 N–H and O–H groups in total. The molecule has 1 heterocycles. The van der Waals surface area contributed by atoms with Gasteiger partial charge in [0.2, 0.25) is 5.95 Å². The van der Waals surface area contributed by atoms with E-state index in [9.17, 15) is 4.39 Å². The van der Waals surface area contributed by atoms with E-state index in [0.717, 1.165) is 0 Å². The van der Waals surface area contributed by atoms with Gasteiger partial charge in [0.05, 0.1) is 0 Å². The zero-order valence-electron chi connectivity index (χ0n) is 4.61. The van der Waals surface area contributed by atoms with Crippen LogP contribution < -0.4 is 5.73 Å². The number of hydrogen-bond donors (Lipinski definition) is 1. The van der Waals surface area contributed by atoms with Crippen LogP contribution in [0.3, 0.4) is 0 Å². The molecule has 1 aromatic heterocycles. The third-order valence-electron chi connectivity index (χ3n) is 0.797. The molecule has 0 aliphatic rings. The second kappa shape index (κ2) is 2.95. The van der Waals surface area contributed by atoms with Gasteiger partial charge in [-0.15, -0.1) is 0 Å². The van der Waals surface area contributed by atoms with Gasteiger partial charge >= 0.3 is 0 Å². The van der Waals surface area contributed by atoms with Gasteiger partial charge < -0.3 is 5.73 Å². The SMILES string of the molecule is Nc1nc(F)c(Br)nc1I. The standard InChI is InChI=1S/C4H2BrFIN3/c5-1-2(6)10-4(8)3(7)9-1/h(H2,8,10). The Kier molecular flexibility index (Phi) is 2.40. The van der Waals surface area contributed by atoms with Crippen LogP contribution in [0.4, 0.5) is 10.2 Å². The van der Waals surface area contributed by atoms with Gasteiger partial charge in [0, 0.05) is 0 Å². The molecule has 0 aromatic carbocycles. The largest absolute Gasteiger partial charge is 0.381 e. The van der Waals surface area contributed by atoms with Gasteiger partial charge in [0.25, 0.3) is 0 Å². The summed E-state index contributed by atoms with van der Waals surface area (Å²) >= 11 is 4.74. The lowest BCUT2D eigenvalue weighted by Crippen LogP contribution is -2.00. The van der Waals surface area contributed by atoms with Crippen LogP contribution in [0, 0.1) is 9.65 Å². The lowest BCUT2D eigenvalue weighted by Gasteiger charge is -1.96. The van der Waals surface area contributed by atoms with Crippen LogP contribution in [0.25, 0.3) is 0 Å². The van der Waals surface area contributed by atoms with E-state index in [1.807, 2.05) is 22.6 Å². The molecule has 3 nitrogen and oxygen atoms in total. The van der Waals surface area contributed by atoms with Crippen LogP contribution in [0.1, 0.15) is 0 Å². The molecule has 0 atom stereocenters. The highest BCUT2D eigenvalue weighted by atomic mass is 127. The van der Waals surface area contributed by atoms with E-state index in [-0.39, 0.29) is 10.4 Å². The van der Waals surface area contributed by atoms with Gasteiger partial charge in [-0.1, -0.05) is 0 Å². The highest BCUT2D eigenvalue weighted by Crippen LogP contribution is 2.15. The summed E-state index contributed by atoms with van der Waals surface area (Å²) in [6.45, 7) is 0. The van der Waals surface area contributed by atoms with Crippen molar-refractivity contribution in [3.05, 3.63) is 14.3 Å². The zero-order chi connectivity index (χ0) is 7.72. The van der Waals surface area contributed by atoms with Gasteiger partial charge in [-0.25, -0.2) is 4.98 Å². The molecule has 0 unspecified atom stereocenters. The third kappa shape index (κ3) is 1.54. The number of hydrogen-bond acceptors (Lipinski definition) is 3. The van der Waals surface area contributed by atoms with Crippen molar-refractivity contribution < 1.29 is 4.39 Å². The molecule has 0 saturated heterocycles. The first-order valence-electron chi connectivity index (χ1n) is 2.25. The molecule has 0 aliphatic carbocycles. The predicted molar refractivity (Wildman–Crippen MR) is 46.8 cm³/mol.